The number of hydrogen-bond acceptors (Lipinski definition) is 3. The van der Waals surface area contributed by atoms with Gasteiger partial charge in [-0.3, -0.25) is 0 Å². The average molecular weight is 237 g/mol. The van der Waals surface area contributed by atoms with E-state index >= 15 is 0 Å². The molecule has 2 N–H and O–H groups in total. The number of ether oxygens (including phenoxy) is 1. The molecule has 0 bridgehead atoms. The second-order valence-electron chi connectivity index (χ2n) is 5.87. The predicted molar refractivity (Wildman–Crippen MR) is 67.6 cm³/mol. The summed E-state index contributed by atoms with van der Waals surface area (Å²) in [6.45, 7) is 9.46. The van der Waals surface area contributed by atoms with Crippen molar-refractivity contribution in [1.29, 1.82) is 0 Å². The zero-order valence-electron chi connectivity index (χ0n) is 11.0. The fourth-order valence-corrected chi connectivity index (χ4v) is 2.57. The van der Waals surface area contributed by atoms with Crippen LogP contribution in [-0.2, 0) is 11.3 Å². The number of H-pyrrole nitrogens is 1. The highest BCUT2D eigenvalue weighted by Crippen LogP contribution is 2.34. The number of rotatable bonds is 4. The van der Waals surface area contributed by atoms with Gasteiger partial charge in [0.2, 0.25) is 0 Å². The standard InChI is InChI=1S/C13H23N3O/c1-13(2,3)12-10(4-7-17-12)8-14-9-11-15-5-6-16-11/h5-6,10,12,14H,4,7-9H2,1-3H3,(H,15,16)/t10-,12+/m1/s1. The van der Waals surface area contributed by atoms with E-state index in [0.717, 1.165) is 31.9 Å². The third-order valence-electron chi connectivity index (χ3n) is 3.32. The maximum absolute atomic E-state index is 5.85. The van der Waals surface area contributed by atoms with Crippen molar-refractivity contribution in [1.82, 2.24) is 15.3 Å². The Kier molecular flexibility index (Phi) is 3.84. The predicted octanol–water partition coefficient (Wildman–Crippen LogP) is 1.95. The van der Waals surface area contributed by atoms with E-state index in [-0.39, 0.29) is 5.41 Å². The molecule has 0 aliphatic carbocycles. The first-order chi connectivity index (χ1) is 8.07. The smallest absolute Gasteiger partial charge is 0.120 e. The molecule has 4 heteroatoms. The number of aromatic amines is 1. The van der Waals surface area contributed by atoms with Crippen LogP contribution in [-0.4, -0.2) is 29.2 Å². The lowest BCUT2D eigenvalue weighted by atomic mass is 9.81. The monoisotopic (exact) mass is 237 g/mol. The Morgan fingerprint density at radius 3 is 3.00 bits per heavy atom. The molecule has 1 aromatic heterocycles. The normalized spacial score (nSPS) is 25.4. The number of nitrogens with one attached hydrogen (secondary N) is 2. The minimum absolute atomic E-state index is 0.230. The van der Waals surface area contributed by atoms with Crippen molar-refractivity contribution in [2.24, 2.45) is 11.3 Å². The number of aromatic nitrogens is 2. The minimum Gasteiger partial charge on any atom is -0.377 e. The van der Waals surface area contributed by atoms with Crippen LogP contribution in [0.25, 0.3) is 0 Å². The van der Waals surface area contributed by atoms with Gasteiger partial charge in [-0.2, -0.15) is 0 Å². The van der Waals surface area contributed by atoms with Gasteiger partial charge in [-0.05, 0) is 11.8 Å². The van der Waals surface area contributed by atoms with Gasteiger partial charge in [0.05, 0.1) is 12.6 Å². The molecule has 1 aromatic rings. The van der Waals surface area contributed by atoms with Gasteiger partial charge in [0.1, 0.15) is 5.82 Å². The summed E-state index contributed by atoms with van der Waals surface area (Å²) in [4.78, 5) is 7.30. The Balaban J connectivity index is 1.78. The lowest BCUT2D eigenvalue weighted by Crippen LogP contribution is -2.36. The molecular formula is C13H23N3O. The molecule has 1 aliphatic rings. The molecule has 0 amide bonds. The van der Waals surface area contributed by atoms with Crippen LogP contribution in [0.15, 0.2) is 12.4 Å². The topological polar surface area (TPSA) is 49.9 Å². The van der Waals surface area contributed by atoms with Gasteiger partial charge in [-0.15, -0.1) is 0 Å². The SMILES string of the molecule is CC(C)(C)[C@H]1OCC[C@@H]1CNCc1ncc[nH]1. The van der Waals surface area contributed by atoms with Crippen LogP contribution in [0.3, 0.4) is 0 Å². The quantitative estimate of drug-likeness (QED) is 0.841. The van der Waals surface area contributed by atoms with Crippen molar-refractivity contribution in [3.8, 4) is 0 Å². The van der Waals surface area contributed by atoms with Gasteiger partial charge in [0.15, 0.2) is 0 Å². The van der Waals surface area contributed by atoms with E-state index in [2.05, 4.69) is 36.1 Å². The van der Waals surface area contributed by atoms with Crippen LogP contribution in [0.4, 0.5) is 0 Å². The van der Waals surface area contributed by atoms with Gasteiger partial charge in [0, 0.05) is 31.5 Å². The van der Waals surface area contributed by atoms with Crippen molar-refractivity contribution in [3.05, 3.63) is 18.2 Å². The molecular weight excluding hydrogens is 214 g/mol. The fourth-order valence-electron chi connectivity index (χ4n) is 2.57. The van der Waals surface area contributed by atoms with E-state index in [0.29, 0.717) is 12.0 Å². The van der Waals surface area contributed by atoms with E-state index in [9.17, 15) is 0 Å². The maximum Gasteiger partial charge on any atom is 0.120 e. The summed E-state index contributed by atoms with van der Waals surface area (Å²) >= 11 is 0. The Labute approximate surface area is 103 Å². The summed E-state index contributed by atoms with van der Waals surface area (Å²) in [5, 5.41) is 3.46. The molecule has 2 rings (SSSR count). The average Bonchev–Trinajstić information content (AvgIpc) is 2.86. The Hall–Kier alpha value is -0.870. The molecule has 17 heavy (non-hydrogen) atoms. The second-order valence-corrected chi connectivity index (χ2v) is 5.87. The molecule has 96 valence electrons. The van der Waals surface area contributed by atoms with Gasteiger partial charge in [-0.1, -0.05) is 20.8 Å². The van der Waals surface area contributed by atoms with Crippen molar-refractivity contribution < 1.29 is 4.74 Å². The molecule has 0 radical (unpaired) electrons. The van der Waals surface area contributed by atoms with Crippen LogP contribution < -0.4 is 5.32 Å². The fraction of sp³-hybridized carbons (Fsp3) is 0.769. The minimum atomic E-state index is 0.230. The van der Waals surface area contributed by atoms with E-state index in [1.807, 2.05) is 6.20 Å². The summed E-state index contributed by atoms with van der Waals surface area (Å²) in [6, 6.07) is 0. The number of imidazole rings is 1. The zero-order valence-corrected chi connectivity index (χ0v) is 11.0. The van der Waals surface area contributed by atoms with E-state index in [1.54, 1.807) is 6.20 Å². The van der Waals surface area contributed by atoms with Crippen LogP contribution in [0.5, 0.6) is 0 Å². The van der Waals surface area contributed by atoms with E-state index in [1.165, 1.54) is 0 Å². The summed E-state index contributed by atoms with van der Waals surface area (Å²) in [6.07, 6.45) is 5.17. The first-order valence-corrected chi connectivity index (χ1v) is 6.38. The van der Waals surface area contributed by atoms with Gasteiger partial charge in [0.25, 0.3) is 0 Å². The highest BCUT2D eigenvalue weighted by atomic mass is 16.5. The first kappa shape index (κ1) is 12.6. The van der Waals surface area contributed by atoms with Gasteiger partial charge >= 0.3 is 0 Å². The Morgan fingerprint density at radius 1 is 1.53 bits per heavy atom. The molecule has 0 spiro atoms. The van der Waals surface area contributed by atoms with Crippen molar-refractivity contribution in [3.63, 3.8) is 0 Å². The molecule has 1 saturated heterocycles. The first-order valence-electron chi connectivity index (χ1n) is 6.38. The van der Waals surface area contributed by atoms with Crippen LogP contribution >= 0.6 is 0 Å². The molecule has 4 nitrogen and oxygen atoms in total. The summed E-state index contributed by atoms with van der Waals surface area (Å²) in [7, 11) is 0. The number of nitrogens with zero attached hydrogens (tertiary/aromatic N) is 1. The van der Waals surface area contributed by atoms with Crippen molar-refractivity contribution in [2.45, 2.75) is 39.8 Å². The maximum atomic E-state index is 5.85. The summed E-state index contributed by atoms with van der Waals surface area (Å²) < 4.78 is 5.85. The Morgan fingerprint density at radius 2 is 2.35 bits per heavy atom. The Bertz CT molecular complexity index is 329. The van der Waals surface area contributed by atoms with Crippen LogP contribution in [0.2, 0.25) is 0 Å². The highest BCUT2D eigenvalue weighted by Gasteiger charge is 2.36. The van der Waals surface area contributed by atoms with Gasteiger partial charge in [-0.25, -0.2) is 4.98 Å². The molecule has 1 fully saturated rings. The molecule has 2 atom stereocenters. The zero-order chi connectivity index (χ0) is 12.3. The highest BCUT2D eigenvalue weighted by molar-refractivity contribution is 4.89. The molecule has 1 aliphatic heterocycles. The largest absolute Gasteiger partial charge is 0.377 e. The third kappa shape index (κ3) is 3.30. The summed E-state index contributed by atoms with van der Waals surface area (Å²) in [5.41, 5.74) is 0.230. The van der Waals surface area contributed by atoms with E-state index < -0.39 is 0 Å². The molecule has 0 saturated carbocycles. The van der Waals surface area contributed by atoms with E-state index in [4.69, 9.17) is 4.74 Å². The molecule has 0 unspecified atom stereocenters. The van der Waals surface area contributed by atoms with Crippen LogP contribution in [0.1, 0.15) is 33.0 Å². The van der Waals surface area contributed by atoms with Crippen molar-refractivity contribution in [2.75, 3.05) is 13.2 Å². The third-order valence-corrected chi connectivity index (χ3v) is 3.32. The van der Waals surface area contributed by atoms with Gasteiger partial charge < -0.3 is 15.0 Å². The number of hydrogen-bond donors (Lipinski definition) is 2. The molecule has 2 heterocycles. The van der Waals surface area contributed by atoms with Crippen LogP contribution in [0, 0.1) is 11.3 Å². The lowest BCUT2D eigenvalue weighted by Gasteiger charge is -2.31. The van der Waals surface area contributed by atoms with Crippen molar-refractivity contribution >= 4 is 0 Å². The summed E-state index contributed by atoms with van der Waals surface area (Å²) in [5.74, 6) is 1.61. The second kappa shape index (κ2) is 5.19. The molecule has 0 aromatic carbocycles. The lowest BCUT2D eigenvalue weighted by molar-refractivity contribution is 0.00718.